The molecule has 174 valence electrons. The van der Waals surface area contributed by atoms with Gasteiger partial charge in [-0.3, -0.25) is 0 Å². The van der Waals surface area contributed by atoms with Crippen molar-refractivity contribution in [1.29, 1.82) is 0 Å². The number of anilines is 1. The molecule has 1 aliphatic heterocycles. The van der Waals surface area contributed by atoms with Crippen molar-refractivity contribution in [3.05, 3.63) is 77.5 Å². The molecular weight excluding hydrogens is 433 g/mol. The molecule has 4 rings (SSSR count). The van der Waals surface area contributed by atoms with E-state index in [1.807, 2.05) is 36.4 Å². The van der Waals surface area contributed by atoms with Crippen molar-refractivity contribution in [2.45, 2.75) is 38.3 Å². The molecule has 1 saturated heterocycles. The average Bonchev–Trinajstić information content (AvgIpc) is 3.26. The molecule has 0 bridgehead atoms. The molecule has 0 spiro atoms. The zero-order valence-electron chi connectivity index (χ0n) is 18.1. The second-order valence-electron chi connectivity index (χ2n) is 8.12. The van der Waals surface area contributed by atoms with E-state index in [1.165, 1.54) is 6.07 Å². The third kappa shape index (κ3) is 5.12. The van der Waals surface area contributed by atoms with E-state index in [9.17, 15) is 23.4 Å². The molecule has 2 aromatic carbocycles. The lowest BCUT2D eigenvalue weighted by Crippen LogP contribution is -2.24. The molecule has 1 aliphatic rings. The van der Waals surface area contributed by atoms with Gasteiger partial charge in [-0.25, -0.2) is 4.98 Å². The van der Waals surface area contributed by atoms with Gasteiger partial charge in [-0.15, -0.1) is 0 Å². The standard InChI is InChI=1S/C25H25F3N2O3/c1-16(32)24-18(15-31)3-2-4-22(24)17-5-8-20(9-6-17)30-12-11-21(14-30)33-23-10-7-19(13-29-23)25(26,27)28/h2-10,13,16,21,31-32H,11-12,14-15H2,1H3. The quantitative estimate of drug-likeness (QED) is 0.546. The SMILES string of the molecule is CC(O)c1c(CO)cccc1-c1ccc(N2CCC(Oc3ccc(C(F)(F)F)cn3)C2)cc1. The van der Waals surface area contributed by atoms with Gasteiger partial charge in [0.1, 0.15) is 6.10 Å². The number of nitrogens with zero attached hydrogens (tertiary/aromatic N) is 2. The van der Waals surface area contributed by atoms with Crippen LogP contribution in [-0.4, -0.2) is 34.4 Å². The minimum absolute atomic E-state index is 0.144. The Morgan fingerprint density at radius 1 is 1.12 bits per heavy atom. The number of rotatable bonds is 6. The van der Waals surface area contributed by atoms with Gasteiger partial charge in [0, 0.05) is 30.9 Å². The normalized spacial score (nSPS) is 17.3. The van der Waals surface area contributed by atoms with E-state index >= 15 is 0 Å². The number of aliphatic hydroxyl groups excluding tert-OH is 2. The summed E-state index contributed by atoms with van der Waals surface area (Å²) < 4.78 is 43.8. The van der Waals surface area contributed by atoms with Gasteiger partial charge >= 0.3 is 6.18 Å². The average molecular weight is 458 g/mol. The summed E-state index contributed by atoms with van der Waals surface area (Å²) in [4.78, 5) is 5.94. The highest BCUT2D eigenvalue weighted by Crippen LogP contribution is 2.33. The Balaban J connectivity index is 1.44. The van der Waals surface area contributed by atoms with E-state index < -0.39 is 17.8 Å². The predicted molar refractivity (Wildman–Crippen MR) is 119 cm³/mol. The second-order valence-corrected chi connectivity index (χ2v) is 8.12. The van der Waals surface area contributed by atoms with Gasteiger partial charge < -0.3 is 19.8 Å². The van der Waals surface area contributed by atoms with E-state index in [2.05, 4.69) is 9.88 Å². The Kier molecular flexibility index (Phi) is 6.58. The molecule has 33 heavy (non-hydrogen) atoms. The summed E-state index contributed by atoms with van der Waals surface area (Å²) >= 11 is 0. The number of ether oxygens (including phenoxy) is 1. The minimum Gasteiger partial charge on any atom is -0.472 e. The van der Waals surface area contributed by atoms with Crippen LogP contribution in [0.5, 0.6) is 5.88 Å². The molecule has 0 radical (unpaired) electrons. The van der Waals surface area contributed by atoms with Crippen LogP contribution in [0.3, 0.4) is 0 Å². The summed E-state index contributed by atoms with van der Waals surface area (Å²) in [5.41, 5.74) is 3.42. The lowest BCUT2D eigenvalue weighted by Gasteiger charge is -2.20. The molecule has 8 heteroatoms. The number of alkyl halides is 3. The zero-order chi connectivity index (χ0) is 23.6. The third-order valence-electron chi connectivity index (χ3n) is 5.82. The number of benzene rings is 2. The van der Waals surface area contributed by atoms with Crippen LogP contribution in [0.25, 0.3) is 11.1 Å². The fraction of sp³-hybridized carbons (Fsp3) is 0.320. The first kappa shape index (κ1) is 23.1. The van der Waals surface area contributed by atoms with Crippen molar-refractivity contribution < 1.29 is 28.1 Å². The molecule has 2 N–H and O–H groups in total. The molecule has 5 nitrogen and oxygen atoms in total. The maximum atomic E-state index is 12.7. The van der Waals surface area contributed by atoms with Crippen LogP contribution < -0.4 is 9.64 Å². The molecule has 0 aliphatic carbocycles. The molecule has 1 aromatic heterocycles. The van der Waals surface area contributed by atoms with E-state index in [4.69, 9.17) is 4.74 Å². The van der Waals surface area contributed by atoms with E-state index in [0.29, 0.717) is 17.7 Å². The monoisotopic (exact) mass is 458 g/mol. The van der Waals surface area contributed by atoms with E-state index in [0.717, 1.165) is 42.0 Å². The minimum atomic E-state index is -4.42. The fourth-order valence-electron chi connectivity index (χ4n) is 4.20. The van der Waals surface area contributed by atoms with E-state index in [-0.39, 0.29) is 18.6 Å². The maximum Gasteiger partial charge on any atom is 0.417 e. The van der Waals surface area contributed by atoms with Crippen LogP contribution in [0, 0.1) is 0 Å². The first-order valence-electron chi connectivity index (χ1n) is 10.7. The van der Waals surface area contributed by atoms with Crippen molar-refractivity contribution in [2.24, 2.45) is 0 Å². The molecule has 0 saturated carbocycles. The Morgan fingerprint density at radius 2 is 1.88 bits per heavy atom. The van der Waals surface area contributed by atoms with Crippen molar-refractivity contribution in [1.82, 2.24) is 4.98 Å². The third-order valence-corrected chi connectivity index (χ3v) is 5.82. The van der Waals surface area contributed by atoms with Crippen molar-refractivity contribution >= 4 is 5.69 Å². The summed E-state index contributed by atoms with van der Waals surface area (Å²) in [6, 6.07) is 15.7. The number of aliphatic hydroxyl groups is 2. The zero-order valence-corrected chi connectivity index (χ0v) is 18.1. The van der Waals surface area contributed by atoms with Crippen LogP contribution in [0.15, 0.2) is 60.8 Å². The van der Waals surface area contributed by atoms with Crippen molar-refractivity contribution in [3.8, 4) is 17.0 Å². The Morgan fingerprint density at radius 3 is 2.48 bits per heavy atom. The highest BCUT2D eigenvalue weighted by atomic mass is 19.4. The van der Waals surface area contributed by atoms with Crippen LogP contribution in [0.1, 0.15) is 36.1 Å². The number of aromatic nitrogens is 1. The van der Waals surface area contributed by atoms with Crippen LogP contribution in [-0.2, 0) is 12.8 Å². The highest BCUT2D eigenvalue weighted by Gasteiger charge is 2.31. The topological polar surface area (TPSA) is 65.8 Å². The summed E-state index contributed by atoms with van der Waals surface area (Å²) in [7, 11) is 0. The van der Waals surface area contributed by atoms with Gasteiger partial charge in [-0.05, 0) is 47.4 Å². The first-order valence-corrected chi connectivity index (χ1v) is 10.7. The maximum absolute atomic E-state index is 12.7. The smallest absolute Gasteiger partial charge is 0.417 e. The summed E-state index contributed by atoms with van der Waals surface area (Å²) in [5, 5.41) is 19.8. The first-order chi connectivity index (χ1) is 15.8. The fourth-order valence-corrected chi connectivity index (χ4v) is 4.20. The van der Waals surface area contributed by atoms with Crippen molar-refractivity contribution in [3.63, 3.8) is 0 Å². The van der Waals surface area contributed by atoms with Gasteiger partial charge in [0.25, 0.3) is 0 Å². The van der Waals surface area contributed by atoms with Gasteiger partial charge in [0.2, 0.25) is 5.88 Å². The lowest BCUT2D eigenvalue weighted by atomic mass is 9.92. The van der Waals surface area contributed by atoms with Crippen LogP contribution >= 0.6 is 0 Å². The Bertz CT molecular complexity index is 1080. The lowest BCUT2D eigenvalue weighted by molar-refractivity contribution is -0.137. The number of hydrogen-bond acceptors (Lipinski definition) is 5. The highest BCUT2D eigenvalue weighted by molar-refractivity contribution is 5.71. The molecule has 2 unspecified atom stereocenters. The Hall–Kier alpha value is -3.10. The molecule has 3 aromatic rings. The number of hydrogen-bond donors (Lipinski definition) is 2. The van der Waals surface area contributed by atoms with E-state index in [1.54, 1.807) is 13.0 Å². The molecular formula is C25H25F3N2O3. The summed E-state index contributed by atoms with van der Waals surface area (Å²) in [6.45, 7) is 2.89. The van der Waals surface area contributed by atoms with Gasteiger partial charge in [-0.1, -0.05) is 30.3 Å². The van der Waals surface area contributed by atoms with Crippen LogP contribution in [0.4, 0.5) is 18.9 Å². The summed E-state index contributed by atoms with van der Waals surface area (Å²) in [6.07, 6.45) is -3.78. The number of halogens is 3. The second kappa shape index (κ2) is 9.41. The largest absolute Gasteiger partial charge is 0.472 e. The van der Waals surface area contributed by atoms with Gasteiger partial charge in [-0.2, -0.15) is 13.2 Å². The molecule has 2 heterocycles. The predicted octanol–water partition coefficient (Wildman–Crippen LogP) is 4.97. The molecule has 1 fully saturated rings. The van der Waals surface area contributed by atoms with Gasteiger partial charge in [0.05, 0.1) is 24.8 Å². The number of pyridine rings is 1. The Labute approximate surface area is 190 Å². The van der Waals surface area contributed by atoms with Crippen LogP contribution in [0.2, 0.25) is 0 Å². The summed E-state index contributed by atoms with van der Waals surface area (Å²) in [5.74, 6) is 0.180. The van der Waals surface area contributed by atoms with Crippen molar-refractivity contribution in [2.75, 3.05) is 18.0 Å². The molecule has 0 amide bonds. The van der Waals surface area contributed by atoms with Gasteiger partial charge in [0.15, 0.2) is 0 Å². The molecule has 2 atom stereocenters.